The highest BCUT2D eigenvalue weighted by Gasteiger charge is 2.71. The van der Waals surface area contributed by atoms with E-state index >= 15 is 0 Å². The van der Waals surface area contributed by atoms with E-state index in [9.17, 15) is 4.79 Å². The van der Waals surface area contributed by atoms with Gasteiger partial charge in [-0.3, -0.25) is 9.69 Å². The zero-order valence-electron chi connectivity index (χ0n) is 14.5. The maximum absolute atomic E-state index is 13.0. The van der Waals surface area contributed by atoms with Crippen LogP contribution in [-0.4, -0.2) is 42.8 Å². The van der Waals surface area contributed by atoms with Gasteiger partial charge in [0.05, 0.1) is 13.2 Å². The second-order valence-electron chi connectivity index (χ2n) is 7.58. The molecule has 1 spiro atoms. The molecule has 1 saturated carbocycles. The lowest BCUT2D eigenvalue weighted by atomic mass is 9.64. The molecule has 1 aromatic carbocycles. The Morgan fingerprint density at radius 2 is 2.12 bits per heavy atom. The molecule has 0 N–H and O–H groups in total. The van der Waals surface area contributed by atoms with Gasteiger partial charge in [0.25, 0.3) is 0 Å². The third kappa shape index (κ3) is 2.47. The minimum Gasteiger partial charge on any atom is -0.465 e. The van der Waals surface area contributed by atoms with E-state index in [1.165, 1.54) is 12.0 Å². The summed E-state index contributed by atoms with van der Waals surface area (Å²) in [5.74, 6) is 0.411. The van der Waals surface area contributed by atoms with E-state index in [0.29, 0.717) is 12.5 Å². The standard InChI is InChI=1S/C20H27NO3/c1-2-23-18(22)19-11-7-6-10-17(20(19)15-24-20)13-21(14-19)12-16-8-4-3-5-9-16/h3-5,8-9,17H,2,6-7,10-15H2,1H3. The Balaban J connectivity index is 1.64. The molecule has 2 aliphatic heterocycles. The first-order valence-electron chi connectivity index (χ1n) is 9.28. The average Bonchev–Trinajstić information content (AvgIpc) is 3.39. The van der Waals surface area contributed by atoms with E-state index in [0.717, 1.165) is 45.5 Å². The Morgan fingerprint density at radius 3 is 2.83 bits per heavy atom. The van der Waals surface area contributed by atoms with Crippen molar-refractivity contribution in [3.8, 4) is 0 Å². The number of esters is 1. The lowest BCUT2D eigenvalue weighted by molar-refractivity contribution is -0.169. The van der Waals surface area contributed by atoms with Crippen molar-refractivity contribution in [2.24, 2.45) is 11.3 Å². The van der Waals surface area contributed by atoms with E-state index < -0.39 is 5.41 Å². The minimum atomic E-state index is -0.475. The number of hydrogen-bond acceptors (Lipinski definition) is 4. The molecule has 2 bridgehead atoms. The van der Waals surface area contributed by atoms with Crippen molar-refractivity contribution in [1.82, 2.24) is 4.90 Å². The van der Waals surface area contributed by atoms with E-state index in [-0.39, 0.29) is 11.6 Å². The van der Waals surface area contributed by atoms with Gasteiger partial charge in [-0.05, 0) is 25.3 Å². The second-order valence-corrected chi connectivity index (χ2v) is 7.58. The number of likely N-dealkylation sites (tertiary alicyclic amines) is 1. The second kappa shape index (κ2) is 6.16. The van der Waals surface area contributed by atoms with Gasteiger partial charge in [0.2, 0.25) is 0 Å². The first-order valence-corrected chi connectivity index (χ1v) is 9.28. The zero-order valence-corrected chi connectivity index (χ0v) is 14.5. The third-order valence-corrected chi connectivity index (χ3v) is 6.22. The molecular weight excluding hydrogens is 302 g/mol. The van der Waals surface area contributed by atoms with Gasteiger partial charge in [0.15, 0.2) is 0 Å². The summed E-state index contributed by atoms with van der Waals surface area (Å²) in [6.07, 6.45) is 4.34. The molecule has 4 heteroatoms. The first kappa shape index (κ1) is 16.1. The van der Waals surface area contributed by atoms with Crippen LogP contribution >= 0.6 is 0 Å². The smallest absolute Gasteiger partial charge is 0.316 e. The molecule has 0 aromatic heterocycles. The number of piperidine rings is 1. The third-order valence-electron chi connectivity index (χ3n) is 6.22. The van der Waals surface area contributed by atoms with E-state index in [2.05, 4.69) is 29.2 Å². The molecule has 3 fully saturated rings. The summed E-state index contributed by atoms with van der Waals surface area (Å²) in [7, 11) is 0. The van der Waals surface area contributed by atoms with Crippen molar-refractivity contribution < 1.29 is 14.3 Å². The van der Waals surface area contributed by atoms with Gasteiger partial charge in [0.1, 0.15) is 11.0 Å². The monoisotopic (exact) mass is 329 g/mol. The molecule has 1 aromatic rings. The van der Waals surface area contributed by atoms with Crippen LogP contribution < -0.4 is 0 Å². The van der Waals surface area contributed by atoms with Crippen LogP contribution in [-0.2, 0) is 20.8 Å². The Labute approximate surface area is 144 Å². The van der Waals surface area contributed by atoms with Crippen LogP contribution in [0, 0.1) is 11.3 Å². The molecule has 4 rings (SSSR count). The van der Waals surface area contributed by atoms with E-state index in [1.54, 1.807) is 0 Å². The van der Waals surface area contributed by atoms with Gasteiger partial charge in [-0.15, -0.1) is 0 Å². The van der Waals surface area contributed by atoms with E-state index in [4.69, 9.17) is 9.47 Å². The van der Waals surface area contributed by atoms with Crippen molar-refractivity contribution >= 4 is 5.97 Å². The summed E-state index contributed by atoms with van der Waals surface area (Å²) in [5, 5.41) is 0. The fourth-order valence-electron chi connectivity index (χ4n) is 5.02. The largest absolute Gasteiger partial charge is 0.465 e. The lowest BCUT2D eigenvalue weighted by Crippen LogP contribution is -2.61. The Hall–Kier alpha value is -1.39. The van der Waals surface area contributed by atoms with Crippen molar-refractivity contribution in [1.29, 1.82) is 0 Å². The van der Waals surface area contributed by atoms with Gasteiger partial charge in [-0.1, -0.05) is 43.2 Å². The number of epoxide rings is 1. The van der Waals surface area contributed by atoms with Crippen LogP contribution in [0.25, 0.3) is 0 Å². The number of ether oxygens (including phenoxy) is 2. The number of nitrogens with zero attached hydrogens (tertiary/aromatic N) is 1. The summed E-state index contributed by atoms with van der Waals surface area (Å²) < 4.78 is 11.6. The summed E-state index contributed by atoms with van der Waals surface area (Å²) >= 11 is 0. The first-order chi connectivity index (χ1) is 11.7. The van der Waals surface area contributed by atoms with Gasteiger partial charge in [-0.25, -0.2) is 0 Å². The highest BCUT2D eigenvalue weighted by atomic mass is 16.6. The Bertz CT molecular complexity index is 598. The number of benzene rings is 1. The molecule has 3 unspecified atom stereocenters. The van der Waals surface area contributed by atoms with Crippen molar-refractivity contribution in [3.63, 3.8) is 0 Å². The predicted molar refractivity (Wildman–Crippen MR) is 91.4 cm³/mol. The molecule has 4 nitrogen and oxygen atoms in total. The quantitative estimate of drug-likeness (QED) is 0.629. The SMILES string of the molecule is CCOC(=O)C12CCCCC(CN(Cc3ccccc3)C1)C21CO1. The van der Waals surface area contributed by atoms with Crippen LogP contribution in [0.15, 0.2) is 30.3 Å². The highest BCUT2D eigenvalue weighted by Crippen LogP contribution is 2.59. The van der Waals surface area contributed by atoms with Crippen molar-refractivity contribution in [2.45, 2.75) is 44.8 Å². The number of hydrogen-bond donors (Lipinski definition) is 0. The number of carbonyl (C=O) groups is 1. The fraction of sp³-hybridized carbons (Fsp3) is 0.650. The molecular formula is C20H27NO3. The van der Waals surface area contributed by atoms with Crippen LogP contribution in [0.3, 0.4) is 0 Å². The summed E-state index contributed by atoms with van der Waals surface area (Å²) in [6, 6.07) is 10.5. The summed E-state index contributed by atoms with van der Waals surface area (Å²) in [5.41, 5.74) is 0.584. The molecule has 3 aliphatic rings. The molecule has 1 aliphatic carbocycles. The molecule has 2 saturated heterocycles. The van der Waals surface area contributed by atoms with Crippen molar-refractivity contribution in [2.75, 3.05) is 26.3 Å². The summed E-state index contributed by atoms with van der Waals surface area (Å²) in [6.45, 7) is 5.76. The molecule has 130 valence electrons. The minimum absolute atomic E-state index is 0.0350. The molecule has 3 atom stereocenters. The molecule has 0 amide bonds. The zero-order chi connectivity index (χ0) is 16.6. The highest BCUT2D eigenvalue weighted by molar-refractivity contribution is 5.80. The fourth-order valence-corrected chi connectivity index (χ4v) is 5.02. The topological polar surface area (TPSA) is 42.1 Å². The maximum atomic E-state index is 13.0. The van der Waals surface area contributed by atoms with Gasteiger partial charge in [0, 0.05) is 25.6 Å². The number of rotatable bonds is 4. The van der Waals surface area contributed by atoms with Gasteiger partial charge < -0.3 is 9.47 Å². The van der Waals surface area contributed by atoms with Crippen LogP contribution in [0.4, 0.5) is 0 Å². The number of carbonyl (C=O) groups excluding carboxylic acids is 1. The van der Waals surface area contributed by atoms with Gasteiger partial charge >= 0.3 is 5.97 Å². The summed E-state index contributed by atoms with van der Waals surface area (Å²) in [4.78, 5) is 15.5. The van der Waals surface area contributed by atoms with Crippen molar-refractivity contribution in [3.05, 3.63) is 35.9 Å². The van der Waals surface area contributed by atoms with E-state index in [1.807, 2.05) is 13.0 Å². The Morgan fingerprint density at radius 1 is 1.33 bits per heavy atom. The molecule has 0 radical (unpaired) electrons. The molecule has 24 heavy (non-hydrogen) atoms. The molecule has 2 heterocycles. The van der Waals surface area contributed by atoms with Crippen LogP contribution in [0.2, 0.25) is 0 Å². The predicted octanol–water partition coefficient (Wildman–Crippen LogP) is 3.01. The lowest BCUT2D eigenvalue weighted by Gasteiger charge is -2.48. The van der Waals surface area contributed by atoms with Crippen LogP contribution in [0.5, 0.6) is 0 Å². The van der Waals surface area contributed by atoms with Crippen LogP contribution in [0.1, 0.15) is 38.2 Å². The normalized spacial score (nSPS) is 35.5. The Kier molecular flexibility index (Phi) is 4.13. The average molecular weight is 329 g/mol. The van der Waals surface area contributed by atoms with Gasteiger partial charge in [-0.2, -0.15) is 0 Å². The maximum Gasteiger partial charge on any atom is 0.316 e.